The lowest BCUT2D eigenvalue weighted by molar-refractivity contribution is 1.35. The maximum Gasteiger partial charge on any atom is 0.0314 e. The Morgan fingerprint density at radius 3 is 2.56 bits per heavy atom. The molecule has 84 valence electrons. The molecule has 0 amide bonds. The van der Waals surface area contributed by atoms with Crippen LogP contribution in [-0.4, -0.2) is 0 Å². The number of hydrogen-bond donors (Lipinski definition) is 1. The zero-order valence-electron chi connectivity index (χ0n) is 10.2. The molecule has 0 atom stereocenters. The first-order chi connectivity index (χ1) is 7.58. The second kappa shape index (κ2) is 5.36. The Morgan fingerprint density at radius 2 is 2.00 bits per heavy atom. The van der Waals surface area contributed by atoms with Gasteiger partial charge in [-0.15, -0.1) is 0 Å². The molecule has 0 saturated carbocycles. The molecule has 0 spiro atoms. The van der Waals surface area contributed by atoms with Gasteiger partial charge in [0, 0.05) is 5.70 Å². The highest BCUT2D eigenvalue weighted by Gasteiger charge is 2.02. The Bertz CT molecular complexity index is 451. The smallest absolute Gasteiger partial charge is 0.0314 e. The SMILES string of the molecule is C=C/C(N)=C\C(=C/C)c1cc(C)ccc1C. The average Bonchev–Trinajstić information content (AvgIpc) is 2.29. The van der Waals surface area contributed by atoms with Gasteiger partial charge >= 0.3 is 0 Å². The Hall–Kier alpha value is -1.76. The second-order valence-corrected chi connectivity index (χ2v) is 3.91. The van der Waals surface area contributed by atoms with E-state index < -0.39 is 0 Å². The van der Waals surface area contributed by atoms with Gasteiger partial charge in [0.25, 0.3) is 0 Å². The third-order valence-corrected chi connectivity index (χ3v) is 2.57. The van der Waals surface area contributed by atoms with Gasteiger partial charge in [-0.2, -0.15) is 0 Å². The van der Waals surface area contributed by atoms with Crippen LogP contribution < -0.4 is 5.73 Å². The number of hydrogen-bond acceptors (Lipinski definition) is 1. The molecule has 0 bridgehead atoms. The van der Waals surface area contributed by atoms with E-state index >= 15 is 0 Å². The maximum absolute atomic E-state index is 5.78. The van der Waals surface area contributed by atoms with Crippen molar-refractivity contribution in [2.24, 2.45) is 5.73 Å². The summed E-state index contributed by atoms with van der Waals surface area (Å²) in [4.78, 5) is 0. The zero-order chi connectivity index (χ0) is 12.1. The van der Waals surface area contributed by atoms with Crippen molar-refractivity contribution in [1.29, 1.82) is 0 Å². The van der Waals surface area contributed by atoms with E-state index in [0.29, 0.717) is 5.70 Å². The van der Waals surface area contributed by atoms with E-state index in [1.807, 2.05) is 13.0 Å². The summed E-state index contributed by atoms with van der Waals surface area (Å²) in [5.74, 6) is 0. The van der Waals surface area contributed by atoms with Gasteiger partial charge in [-0.3, -0.25) is 0 Å². The number of benzene rings is 1. The fourth-order valence-electron chi connectivity index (χ4n) is 1.60. The van der Waals surface area contributed by atoms with Gasteiger partial charge in [-0.25, -0.2) is 0 Å². The quantitative estimate of drug-likeness (QED) is 0.761. The summed E-state index contributed by atoms with van der Waals surface area (Å²) in [6.45, 7) is 9.88. The first-order valence-electron chi connectivity index (χ1n) is 5.42. The predicted octanol–water partition coefficient (Wildman–Crippen LogP) is 3.74. The number of allylic oxidation sites excluding steroid dienone is 4. The number of nitrogens with two attached hydrogens (primary N) is 1. The van der Waals surface area contributed by atoms with E-state index in [2.05, 4.69) is 44.7 Å². The predicted molar refractivity (Wildman–Crippen MR) is 72.0 cm³/mol. The van der Waals surface area contributed by atoms with Crippen LogP contribution in [0.15, 0.2) is 48.7 Å². The first kappa shape index (κ1) is 12.3. The average molecular weight is 213 g/mol. The molecule has 2 N–H and O–H groups in total. The summed E-state index contributed by atoms with van der Waals surface area (Å²) in [6.07, 6.45) is 5.68. The van der Waals surface area contributed by atoms with Crippen LogP contribution in [0, 0.1) is 13.8 Å². The molecular formula is C15H19N. The lowest BCUT2D eigenvalue weighted by Crippen LogP contribution is -1.95. The zero-order valence-corrected chi connectivity index (χ0v) is 10.2. The van der Waals surface area contributed by atoms with Crippen molar-refractivity contribution in [2.45, 2.75) is 20.8 Å². The van der Waals surface area contributed by atoms with Gasteiger partial charge in [0.1, 0.15) is 0 Å². The molecular weight excluding hydrogens is 194 g/mol. The molecule has 1 rings (SSSR count). The minimum Gasteiger partial charge on any atom is -0.399 e. The molecule has 0 aliphatic carbocycles. The Kier molecular flexibility index (Phi) is 4.12. The maximum atomic E-state index is 5.78. The largest absolute Gasteiger partial charge is 0.399 e. The highest BCUT2D eigenvalue weighted by molar-refractivity contribution is 5.77. The van der Waals surface area contributed by atoms with Gasteiger partial charge in [-0.1, -0.05) is 36.4 Å². The van der Waals surface area contributed by atoms with Gasteiger partial charge in [-0.05, 0) is 49.6 Å². The summed E-state index contributed by atoms with van der Waals surface area (Å²) in [5.41, 5.74) is 11.3. The molecule has 1 heteroatoms. The highest BCUT2D eigenvalue weighted by Crippen LogP contribution is 2.22. The normalized spacial score (nSPS) is 12.7. The van der Waals surface area contributed by atoms with Crippen molar-refractivity contribution in [1.82, 2.24) is 0 Å². The van der Waals surface area contributed by atoms with E-state index in [0.717, 1.165) is 5.57 Å². The van der Waals surface area contributed by atoms with Crippen LogP contribution in [0.2, 0.25) is 0 Å². The third-order valence-electron chi connectivity index (χ3n) is 2.57. The van der Waals surface area contributed by atoms with Crippen LogP contribution in [0.5, 0.6) is 0 Å². The second-order valence-electron chi connectivity index (χ2n) is 3.91. The van der Waals surface area contributed by atoms with E-state index in [1.54, 1.807) is 6.08 Å². The summed E-state index contributed by atoms with van der Waals surface area (Å²) >= 11 is 0. The van der Waals surface area contributed by atoms with Crippen LogP contribution in [-0.2, 0) is 0 Å². The summed E-state index contributed by atoms with van der Waals surface area (Å²) in [5, 5.41) is 0. The molecule has 0 fully saturated rings. The van der Waals surface area contributed by atoms with E-state index in [1.165, 1.54) is 16.7 Å². The Labute approximate surface area is 98.0 Å². The van der Waals surface area contributed by atoms with Crippen molar-refractivity contribution >= 4 is 5.57 Å². The van der Waals surface area contributed by atoms with Crippen molar-refractivity contribution in [3.05, 3.63) is 65.4 Å². The molecule has 0 unspecified atom stereocenters. The Morgan fingerprint density at radius 1 is 1.31 bits per heavy atom. The molecule has 0 saturated heterocycles. The standard InChI is InChI=1S/C15H19N/c1-5-13(10-14(16)6-2)15-9-11(3)7-8-12(15)4/h5-10H,2,16H2,1,3-4H3/b13-5+,14-10+. The first-order valence-corrected chi connectivity index (χ1v) is 5.42. The highest BCUT2D eigenvalue weighted by atomic mass is 14.5. The molecule has 1 nitrogen and oxygen atoms in total. The van der Waals surface area contributed by atoms with E-state index in [-0.39, 0.29) is 0 Å². The Balaban J connectivity index is 3.25. The van der Waals surface area contributed by atoms with Gasteiger partial charge in [0.15, 0.2) is 0 Å². The van der Waals surface area contributed by atoms with Gasteiger partial charge < -0.3 is 5.73 Å². The van der Waals surface area contributed by atoms with Crippen LogP contribution >= 0.6 is 0 Å². The van der Waals surface area contributed by atoms with Crippen LogP contribution in [0.4, 0.5) is 0 Å². The van der Waals surface area contributed by atoms with Gasteiger partial charge in [0.2, 0.25) is 0 Å². The fourth-order valence-corrected chi connectivity index (χ4v) is 1.60. The van der Waals surface area contributed by atoms with E-state index in [4.69, 9.17) is 5.73 Å². The molecule has 0 heterocycles. The molecule has 0 aromatic heterocycles. The number of aryl methyl sites for hydroxylation is 2. The molecule has 16 heavy (non-hydrogen) atoms. The van der Waals surface area contributed by atoms with Crippen LogP contribution in [0.1, 0.15) is 23.6 Å². The van der Waals surface area contributed by atoms with Crippen molar-refractivity contribution in [3.8, 4) is 0 Å². The summed E-state index contributed by atoms with van der Waals surface area (Å²) in [7, 11) is 0. The molecule has 1 aromatic rings. The van der Waals surface area contributed by atoms with Crippen molar-refractivity contribution in [3.63, 3.8) is 0 Å². The molecule has 1 aromatic carbocycles. The number of rotatable bonds is 3. The van der Waals surface area contributed by atoms with Crippen LogP contribution in [0.3, 0.4) is 0 Å². The van der Waals surface area contributed by atoms with Crippen molar-refractivity contribution in [2.75, 3.05) is 0 Å². The summed E-state index contributed by atoms with van der Waals surface area (Å²) < 4.78 is 0. The van der Waals surface area contributed by atoms with E-state index in [9.17, 15) is 0 Å². The minimum atomic E-state index is 0.689. The molecule has 0 radical (unpaired) electrons. The van der Waals surface area contributed by atoms with Crippen LogP contribution in [0.25, 0.3) is 5.57 Å². The van der Waals surface area contributed by atoms with Gasteiger partial charge in [0.05, 0.1) is 0 Å². The fraction of sp³-hybridized carbons (Fsp3) is 0.200. The summed E-state index contributed by atoms with van der Waals surface area (Å²) in [6, 6.07) is 6.43. The lowest BCUT2D eigenvalue weighted by atomic mass is 9.97. The topological polar surface area (TPSA) is 26.0 Å². The minimum absolute atomic E-state index is 0.689. The van der Waals surface area contributed by atoms with Crippen molar-refractivity contribution < 1.29 is 0 Å². The molecule has 0 aliphatic heterocycles. The molecule has 0 aliphatic rings. The lowest BCUT2D eigenvalue weighted by Gasteiger charge is -2.08. The monoisotopic (exact) mass is 213 g/mol. The third kappa shape index (κ3) is 2.86.